The van der Waals surface area contributed by atoms with Crippen LogP contribution >= 0.6 is 0 Å². The SMILES string of the molecule is CCCCCCC/C=C/CCC/C=C/C=C/C=C/C=C/CCC(=O)O. The Bertz CT molecular complexity index is 439. The quantitative estimate of drug-likeness (QED) is 0.183. The summed E-state index contributed by atoms with van der Waals surface area (Å²) in [4.78, 5) is 10.3. The minimum atomic E-state index is -0.753. The Morgan fingerprint density at radius 1 is 0.640 bits per heavy atom. The summed E-state index contributed by atoms with van der Waals surface area (Å²) in [6.07, 6.45) is 32.9. The van der Waals surface area contributed by atoms with Crippen molar-refractivity contribution in [2.75, 3.05) is 0 Å². The lowest BCUT2D eigenvalue weighted by Gasteiger charge is -1.96. The molecule has 0 saturated carbocycles. The van der Waals surface area contributed by atoms with Gasteiger partial charge >= 0.3 is 5.97 Å². The zero-order valence-corrected chi connectivity index (χ0v) is 15.9. The molecule has 0 unspecified atom stereocenters. The largest absolute Gasteiger partial charge is 0.481 e. The van der Waals surface area contributed by atoms with Crippen molar-refractivity contribution in [2.24, 2.45) is 0 Å². The third kappa shape index (κ3) is 22.2. The Kier molecular flexibility index (Phi) is 18.7. The van der Waals surface area contributed by atoms with Gasteiger partial charge in [-0.1, -0.05) is 93.4 Å². The third-order valence-electron chi connectivity index (χ3n) is 3.74. The number of aliphatic carboxylic acids is 1. The van der Waals surface area contributed by atoms with E-state index in [1.54, 1.807) is 0 Å². The summed E-state index contributed by atoms with van der Waals surface area (Å²) in [5.74, 6) is -0.753. The van der Waals surface area contributed by atoms with E-state index in [9.17, 15) is 4.79 Å². The van der Waals surface area contributed by atoms with Crippen LogP contribution in [0.25, 0.3) is 0 Å². The second kappa shape index (κ2) is 20.2. The van der Waals surface area contributed by atoms with E-state index >= 15 is 0 Å². The zero-order valence-electron chi connectivity index (χ0n) is 15.9. The smallest absolute Gasteiger partial charge is 0.303 e. The molecule has 1 N–H and O–H groups in total. The molecular formula is C23H36O2. The van der Waals surface area contributed by atoms with Crippen molar-refractivity contribution in [3.8, 4) is 0 Å². The maximum absolute atomic E-state index is 10.3. The molecule has 0 aliphatic carbocycles. The van der Waals surface area contributed by atoms with Crippen LogP contribution in [0.15, 0.2) is 60.8 Å². The van der Waals surface area contributed by atoms with Gasteiger partial charge in [-0.2, -0.15) is 0 Å². The zero-order chi connectivity index (χ0) is 18.4. The van der Waals surface area contributed by atoms with Crippen molar-refractivity contribution >= 4 is 5.97 Å². The van der Waals surface area contributed by atoms with E-state index in [0.717, 1.165) is 6.42 Å². The minimum absolute atomic E-state index is 0.192. The van der Waals surface area contributed by atoms with Gasteiger partial charge in [0.2, 0.25) is 0 Å². The van der Waals surface area contributed by atoms with Gasteiger partial charge in [0.25, 0.3) is 0 Å². The van der Waals surface area contributed by atoms with Gasteiger partial charge < -0.3 is 5.11 Å². The van der Waals surface area contributed by atoms with Crippen molar-refractivity contribution in [1.82, 2.24) is 0 Å². The molecular weight excluding hydrogens is 308 g/mol. The van der Waals surface area contributed by atoms with Gasteiger partial charge in [0.15, 0.2) is 0 Å². The molecule has 0 saturated heterocycles. The molecule has 25 heavy (non-hydrogen) atoms. The predicted molar refractivity (Wildman–Crippen MR) is 110 cm³/mol. The summed E-state index contributed by atoms with van der Waals surface area (Å²) in [6, 6.07) is 0. The Morgan fingerprint density at radius 2 is 1.16 bits per heavy atom. The van der Waals surface area contributed by atoms with E-state index in [1.807, 2.05) is 36.5 Å². The first-order valence-corrected chi connectivity index (χ1v) is 9.79. The molecule has 0 spiro atoms. The second-order valence-corrected chi connectivity index (χ2v) is 6.16. The van der Waals surface area contributed by atoms with Gasteiger partial charge in [-0.15, -0.1) is 0 Å². The molecule has 0 fully saturated rings. The normalized spacial score (nSPS) is 12.7. The van der Waals surface area contributed by atoms with Gasteiger partial charge in [-0.05, 0) is 38.5 Å². The highest BCUT2D eigenvalue weighted by atomic mass is 16.4. The maximum Gasteiger partial charge on any atom is 0.303 e. The lowest BCUT2D eigenvalue weighted by molar-refractivity contribution is -0.136. The van der Waals surface area contributed by atoms with Crippen molar-refractivity contribution < 1.29 is 9.90 Å². The van der Waals surface area contributed by atoms with Crippen molar-refractivity contribution in [3.05, 3.63) is 60.8 Å². The number of carboxylic acids is 1. The average Bonchev–Trinajstić information content (AvgIpc) is 2.60. The van der Waals surface area contributed by atoms with Crippen LogP contribution in [0.3, 0.4) is 0 Å². The van der Waals surface area contributed by atoms with Crippen LogP contribution < -0.4 is 0 Å². The first-order chi connectivity index (χ1) is 12.3. The highest BCUT2D eigenvalue weighted by molar-refractivity contribution is 5.66. The van der Waals surface area contributed by atoms with Crippen LogP contribution in [0.5, 0.6) is 0 Å². The summed E-state index contributed by atoms with van der Waals surface area (Å²) in [5, 5.41) is 8.49. The van der Waals surface area contributed by atoms with Crippen LogP contribution in [-0.4, -0.2) is 11.1 Å². The number of hydrogen-bond donors (Lipinski definition) is 1. The molecule has 0 aromatic carbocycles. The fourth-order valence-corrected chi connectivity index (χ4v) is 2.27. The minimum Gasteiger partial charge on any atom is -0.481 e. The fourth-order valence-electron chi connectivity index (χ4n) is 2.27. The number of hydrogen-bond acceptors (Lipinski definition) is 1. The van der Waals surface area contributed by atoms with E-state index < -0.39 is 5.97 Å². The third-order valence-corrected chi connectivity index (χ3v) is 3.74. The first kappa shape index (κ1) is 23.2. The topological polar surface area (TPSA) is 37.3 Å². The number of rotatable bonds is 16. The van der Waals surface area contributed by atoms with Gasteiger partial charge in [-0.3, -0.25) is 4.79 Å². The Morgan fingerprint density at radius 3 is 1.80 bits per heavy atom. The van der Waals surface area contributed by atoms with Crippen LogP contribution in [0.2, 0.25) is 0 Å². The monoisotopic (exact) mass is 344 g/mol. The summed E-state index contributed by atoms with van der Waals surface area (Å²) < 4.78 is 0. The first-order valence-electron chi connectivity index (χ1n) is 9.79. The lowest BCUT2D eigenvalue weighted by atomic mass is 10.1. The highest BCUT2D eigenvalue weighted by Crippen LogP contribution is 2.06. The van der Waals surface area contributed by atoms with E-state index in [1.165, 1.54) is 51.4 Å². The molecule has 2 nitrogen and oxygen atoms in total. The summed E-state index contributed by atoms with van der Waals surface area (Å²) in [6.45, 7) is 2.26. The summed E-state index contributed by atoms with van der Waals surface area (Å²) in [7, 11) is 0. The summed E-state index contributed by atoms with van der Waals surface area (Å²) in [5.41, 5.74) is 0. The standard InChI is InChI=1S/C23H36O2/c1-2-3-4-5-6-7-8-9-10-11-12-13-14-15-16-17-18-19-20-21-22-23(24)25/h8-9,13-20H,2-7,10-12,21-22H2,1H3,(H,24,25)/b9-8+,14-13+,16-15+,18-17+,20-19+. The second-order valence-electron chi connectivity index (χ2n) is 6.16. The van der Waals surface area contributed by atoms with Gasteiger partial charge in [0, 0.05) is 6.42 Å². The Labute approximate surface area is 154 Å². The fraction of sp³-hybridized carbons (Fsp3) is 0.522. The molecule has 0 atom stereocenters. The molecule has 0 bridgehead atoms. The molecule has 0 heterocycles. The van der Waals surface area contributed by atoms with Gasteiger partial charge in [0.1, 0.15) is 0 Å². The van der Waals surface area contributed by atoms with Crippen LogP contribution in [0.4, 0.5) is 0 Å². The van der Waals surface area contributed by atoms with Crippen LogP contribution in [0, 0.1) is 0 Å². The molecule has 0 rings (SSSR count). The molecule has 2 heteroatoms. The molecule has 0 aliphatic heterocycles. The number of carboxylic acid groups (broad SMARTS) is 1. The Balaban J connectivity index is 3.46. The Hall–Kier alpha value is -1.83. The lowest BCUT2D eigenvalue weighted by Crippen LogP contribution is -1.91. The van der Waals surface area contributed by atoms with E-state index in [4.69, 9.17) is 5.11 Å². The van der Waals surface area contributed by atoms with E-state index in [2.05, 4.69) is 31.2 Å². The number of carbonyl (C=O) groups is 1. The van der Waals surface area contributed by atoms with Gasteiger partial charge in [-0.25, -0.2) is 0 Å². The highest BCUT2D eigenvalue weighted by Gasteiger charge is 1.90. The molecule has 0 aromatic rings. The van der Waals surface area contributed by atoms with Crippen molar-refractivity contribution in [1.29, 1.82) is 0 Å². The predicted octanol–water partition coefficient (Wildman–Crippen LogP) is 7.16. The van der Waals surface area contributed by atoms with Crippen LogP contribution in [0.1, 0.15) is 77.6 Å². The van der Waals surface area contributed by atoms with Crippen molar-refractivity contribution in [3.63, 3.8) is 0 Å². The van der Waals surface area contributed by atoms with Crippen LogP contribution in [-0.2, 0) is 4.79 Å². The van der Waals surface area contributed by atoms with E-state index in [0.29, 0.717) is 6.42 Å². The van der Waals surface area contributed by atoms with Gasteiger partial charge in [0.05, 0.1) is 0 Å². The molecule has 0 aromatic heterocycles. The maximum atomic E-state index is 10.3. The number of unbranched alkanes of at least 4 members (excludes halogenated alkanes) is 7. The molecule has 0 amide bonds. The van der Waals surface area contributed by atoms with Crippen molar-refractivity contribution in [2.45, 2.75) is 77.6 Å². The summed E-state index contributed by atoms with van der Waals surface area (Å²) >= 11 is 0. The molecule has 0 aliphatic rings. The average molecular weight is 345 g/mol. The number of allylic oxidation sites excluding steroid dienone is 10. The molecule has 140 valence electrons. The molecule has 0 radical (unpaired) electrons. The van der Waals surface area contributed by atoms with E-state index in [-0.39, 0.29) is 6.42 Å².